The van der Waals surface area contributed by atoms with Crippen molar-refractivity contribution < 1.29 is 17.6 Å². The topological polar surface area (TPSA) is 38.1 Å². The molecule has 1 saturated carbocycles. The second-order valence-corrected chi connectivity index (χ2v) is 5.78. The van der Waals surface area contributed by atoms with Gasteiger partial charge in [-0.15, -0.1) is 0 Å². The molecule has 0 spiro atoms. The van der Waals surface area contributed by atoms with Crippen molar-refractivity contribution in [3.05, 3.63) is 17.8 Å². The SMILES string of the molecule is CC(C)NCc1ncc(C2CCC(C(F)(F)F)CC2)o1. The third kappa shape index (κ3) is 3.98. The Morgan fingerprint density at radius 3 is 2.50 bits per heavy atom. The van der Waals surface area contributed by atoms with E-state index in [2.05, 4.69) is 10.3 Å². The Labute approximate surface area is 117 Å². The van der Waals surface area contributed by atoms with Crippen LogP contribution in [0, 0.1) is 5.92 Å². The number of hydrogen-bond acceptors (Lipinski definition) is 3. The van der Waals surface area contributed by atoms with E-state index in [1.807, 2.05) is 13.8 Å². The van der Waals surface area contributed by atoms with Crippen LogP contribution >= 0.6 is 0 Å². The third-order valence-electron chi connectivity index (χ3n) is 3.83. The molecule has 1 aromatic rings. The summed E-state index contributed by atoms with van der Waals surface area (Å²) in [4.78, 5) is 4.18. The van der Waals surface area contributed by atoms with Crippen molar-refractivity contribution in [1.82, 2.24) is 10.3 Å². The first-order valence-electron chi connectivity index (χ1n) is 7.11. The molecule has 0 amide bonds. The molecule has 20 heavy (non-hydrogen) atoms. The highest BCUT2D eigenvalue weighted by Gasteiger charge is 2.42. The quantitative estimate of drug-likeness (QED) is 0.910. The minimum Gasteiger partial charge on any atom is -0.444 e. The van der Waals surface area contributed by atoms with Crippen LogP contribution in [0.1, 0.15) is 57.1 Å². The Kier molecular flexibility index (Phi) is 4.73. The Hall–Kier alpha value is -1.04. The van der Waals surface area contributed by atoms with Crippen molar-refractivity contribution >= 4 is 0 Å². The lowest BCUT2D eigenvalue weighted by Crippen LogP contribution is -2.27. The van der Waals surface area contributed by atoms with Crippen molar-refractivity contribution in [2.75, 3.05) is 0 Å². The average Bonchev–Trinajstić information content (AvgIpc) is 2.84. The van der Waals surface area contributed by atoms with Gasteiger partial charge in [0.1, 0.15) is 5.76 Å². The summed E-state index contributed by atoms with van der Waals surface area (Å²) in [6.45, 7) is 4.61. The lowest BCUT2D eigenvalue weighted by Gasteiger charge is -2.28. The van der Waals surface area contributed by atoms with E-state index in [4.69, 9.17) is 4.42 Å². The minimum atomic E-state index is -4.06. The van der Waals surface area contributed by atoms with Crippen LogP contribution in [0.2, 0.25) is 0 Å². The predicted molar refractivity (Wildman–Crippen MR) is 69.2 cm³/mol. The molecule has 3 nitrogen and oxygen atoms in total. The first-order valence-corrected chi connectivity index (χ1v) is 7.11. The molecule has 6 heteroatoms. The van der Waals surface area contributed by atoms with Crippen LogP contribution in [0.15, 0.2) is 10.6 Å². The van der Waals surface area contributed by atoms with Gasteiger partial charge in [0.25, 0.3) is 0 Å². The Balaban J connectivity index is 1.88. The molecule has 1 aromatic heterocycles. The van der Waals surface area contributed by atoms with Gasteiger partial charge in [-0.3, -0.25) is 0 Å². The third-order valence-corrected chi connectivity index (χ3v) is 3.83. The summed E-state index contributed by atoms with van der Waals surface area (Å²) in [5, 5.41) is 3.20. The summed E-state index contributed by atoms with van der Waals surface area (Å²) in [5.74, 6) is 0.260. The monoisotopic (exact) mass is 290 g/mol. The molecule has 0 atom stereocenters. The zero-order valence-electron chi connectivity index (χ0n) is 11.8. The van der Waals surface area contributed by atoms with E-state index in [0.29, 0.717) is 31.3 Å². The molecule has 2 rings (SSSR count). The van der Waals surface area contributed by atoms with Gasteiger partial charge in [0.15, 0.2) is 0 Å². The van der Waals surface area contributed by atoms with Gasteiger partial charge in [-0.05, 0) is 25.7 Å². The second-order valence-electron chi connectivity index (χ2n) is 5.78. The number of alkyl halides is 3. The zero-order valence-corrected chi connectivity index (χ0v) is 11.8. The van der Waals surface area contributed by atoms with Gasteiger partial charge in [0, 0.05) is 12.0 Å². The van der Waals surface area contributed by atoms with E-state index in [9.17, 15) is 13.2 Å². The molecule has 114 valence electrons. The van der Waals surface area contributed by atoms with Gasteiger partial charge >= 0.3 is 6.18 Å². The maximum Gasteiger partial charge on any atom is 0.391 e. The highest BCUT2D eigenvalue weighted by atomic mass is 19.4. The fourth-order valence-electron chi connectivity index (χ4n) is 2.59. The van der Waals surface area contributed by atoms with E-state index in [-0.39, 0.29) is 18.8 Å². The van der Waals surface area contributed by atoms with E-state index < -0.39 is 12.1 Å². The molecule has 1 fully saturated rings. The first kappa shape index (κ1) is 15.4. The standard InChI is InChI=1S/C14H21F3N2O/c1-9(2)18-8-13-19-7-12(20-13)10-3-5-11(6-4-10)14(15,16)17/h7,9-11,18H,3-6,8H2,1-2H3. The Morgan fingerprint density at radius 1 is 1.30 bits per heavy atom. The van der Waals surface area contributed by atoms with Crippen LogP contribution in [0.4, 0.5) is 13.2 Å². The van der Waals surface area contributed by atoms with Gasteiger partial charge in [-0.25, -0.2) is 4.98 Å². The average molecular weight is 290 g/mol. The van der Waals surface area contributed by atoms with Gasteiger partial charge in [0.2, 0.25) is 5.89 Å². The van der Waals surface area contributed by atoms with Crippen molar-refractivity contribution in [2.24, 2.45) is 5.92 Å². The van der Waals surface area contributed by atoms with Crippen LogP contribution in [0.3, 0.4) is 0 Å². The van der Waals surface area contributed by atoms with Crippen molar-refractivity contribution in [1.29, 1.82) is 0 Å². The predicted octanol–water partition coefficient (Wildman–Crippen LogP) is 4.01. The molecular weight excluding hydrogens is 269 g/mol. The molecule has 0 bridgehead atoms. The summed E-state index contributed by atoms with van der Waals surface area (Å²) in [5.41, 5.74) is 0. The van der Waals surface area contributed by atoms with Crippen LogP contribution in [0.25, 0.3) is 0 Å². The first-order chi connectivity index (χ1) is 9.36. The number of nitrogens with zero attached hydrogens (tertiary/aromatic N) is 1. The van der Waals surface area contributed by atoms with Crippen molar-refractivity contribution in [3.8, 4) is 0 Å². The van der Waals surface area contributed by atoms with Gasteiger partial charge in [-0.2, -0.15) is 13.2 Å². The summed E-state index contributed by atoms with van der Waals surface area (Å²) < 4.78 is 43.5. The van der Waals surface area contributed by atoms with E-state index in [1.54, 1.807) is 6.20 Å². The van der Waals surface area contributed by atoms with Gasteiger partial charge in [0.05, 0.1) is 18.7 Å². The lowest BCUT2D eigenvalue weighted by atomic mass is 9.81. The van der Waals surface area contributed by atoms with Gasteiger partial charge < -0.3 is 9.73 Å². The van der Waals surface area contributed by atoms with E-state index in [1.165, 1.54) is 0 Å². The summed E-state index contributed by atoms with van der Waals surface area (Å²) in [6.07, 6.45) is -0.968. The number of halogens is 3. The van der Waals surface area contributed by atoms with E-state index >= 15 is 0 Å². The van der Waals surface area contributed by atoms with Crippen LogP contribution in [0.5, 0.6) is 0 Å². The summed E-state index contributed by atoms with van der Waals surface area (Å²) in [6, 6.07) is 0.340. The molecule has 0 aromatic carbocycles. The molecule has 0 saturated heterocycles. The highest BCUT2D eigenvalue weighted by molar-refractivity contribution is 5.04. The van der Waals surface area contributed by atoms with Crippen LogP contribution < -0.4 is 5.32 Å². The molecule has 1 N–H and O–H groups in total. The summed E-state index contributed by atoms with van der Waals surface area (Å²) >= 11 is 0. The Morgan fingerprint density at radius 2 is 1.95 bits per heavy atom. The van der Waals surface area contributed by atoms with Crippen molar-refractivity contribution in [2.45, 2.75) is 64.2 Å². The Bertz CT molecular complexity index is 420. The number of nitrogens with one attached hydrogen (secondary N) is 1. The number of rotatable bonds is 4. The smallest absolute Gasteiger partial charge is 0.391 e. The maximum atomic E-state index is 12.6. The summed E-state index contributed by atoms with van der Waals surface area (Å²) in [7, 11) is 0. The number of aromatic nitrogens is 1. The van der Waals surface area contributed by atoms with Gasteiger partial charge in [-0.1, -0.05) is 13.8 Å². The molecule has 1 heterocycles. The maximum absolute atomic E-state index is 12.6. The van der Waals surface area contributed by atoms with E-state index in [0.717, 1.165) is 5.76 Å². The fourth-order valence-corrected chi connectivity index (χ4v) is 2.59. The molecule has 0 aliphatic heterocycles. The molecule has 0 unspecified atom stereocenters. The largest absolute Gasteiger partial charge is 0.444 e. The normalized spacial score (nSPS) is 24.3. The molecule has 0 radical (unpaired) electrons. The highest BCUT2D eigenvalue weighted by Crippen LogP contribution is 2.42. The number of oxazole rings is 1. The van der Waals surface area contributed by atoms with Crippen LogP contribution in [-0.2, 0) is 6.54 Å². The van der Waals surface area contributed by atoms with Crippen molar-refractivity contribution in [3.63, 3.8) is 0 Å². The second kappa shape index (κ2) is 6.16. The molecule has 1 aliphatic rings. The lowest BCUT2D eigenvalue weighted by molar-refractivity contribution is -0.182. The molecule has 1 aliphatic carbocycles. The zero-order chi connectivity index (χ0) is 14.8. The fraction of sp³-hybridized carbons (Fsp3) is 0.786. The minimum absolute atomic E-state index is 0.0777. The molecular formula is C14H21F3N2O. The van der Waals surface area contributed by atoms with Crippen LogP contribution in [-0.4, -0.2) is 17.2 Å². The number of hydrogen-bond donors (Lipinski definition) is 1.